The molecule has 1 fully saturated rings. The molecule has 3 nitrogen and oxygen atoms in total. The van der Waals surface area contributed by atoms with Crippen LogP contribution in [0.25, 0.3) is 10.9 Å². The predicted molar refractivity (Wildman–Crippen MR) is 115 cm³/mol. The SMILES string of the molecule is C=CCN1CCC2(c3cccc(O)c3)Cc3[nH]c4cccc(C)c4c3CC2C1. The van der Waals surface area contributed by atoms with Gasteiger partial charge >= 0.3 is 0 Å². The Bertz CT molecular complexity index is 1050. The van der Waals surface area contributed by atoms with Crippen LogP contribution in [0, 0.1) is 12.8 Å². The monoisotopic (exact) mass is 372 g/mol. The number of H-pyrrole nitrogens is 1. The quantitative estimate of drug-likeness (QED) is 0.653. The van der Waals surface area contributed by atoms with Gasteiger partial charge in [0.15, 0.2) is 0 Å². The minimum Gasteiger partial charge on any atom is -0.508 e. The van der Waals surface area contributed by atoms with Gasteiger partial charge in [-0.1, -0.05) is 30.3 Å². The summed E-state index contributed by atoms with van der Waals surface area (Å²) in [6, 6.07) is 14.6. The Balaban J connectivity index is 1.65. The van der Waals surface area contributed by atoms with Gasteiger partial charge in [-0.05, 0) is 73.5 Å². The first-order valence-corrected chi connectivity index (χ1v) is 10.3. The number of piperidine rings is 1. The number of aromatic amines is 1. The van der Waals surface area contributed by atoms with Crippen molar-refractivity contribution in [1.29, 1.82) is 0 Å². The highest BCUT2D eigenvalue weighted by atomic mass is 16.3. The average molecular weight is 373 g/mol. The van der Waals surface area contributed by atoms with Crippen molar-refractivity contribution >= 4 is 10.9 Å². The van der Waals surface area contributed by atoms with E-state index in [4.69, 9.17) is 0 Å². The van der Waals surface area contributed by atoms with Gasteiger partial charge in [-0.15, -0.1) is 6.58 Å². The molecule has 0 bridgehead atoms. The van der Waals surface area contributed by atoms with Crippen molar-refractivity contribution in [2.75, 3.05) is 19.6 Å². The van der Waals surface area contributed by atoms with Crippen LogP contribution < -0.4 is 0 Å². The molecule has 0 amide bonds. The zero-order valence-corrected chi connectivity index (χ0v) is 16.5. The second-order valence-corrected chi connectivity index (χ2v) is 8.66. The Morgan fingerprint density at radius 3 is 2.96 bits per heavy atom. The zero-order valence-electron chi connectivity index (χ0n) is 16.5. The first-order valence-electron chi connectivity index (χ1n) is 10.3. The normalized spacial score (nSPS) is 24.7. The summed E-state index contributed by atoms with van der Waals surface area (Å²) in [4.78, 5) is 6.28. The molecule has 2 heterocycles. The topological polar surface area (TPSA) is 39.3 Å². The van der Waals surface area contributed by atoms with Crippen LogP contribution in [0.3, 0.4) is 0 Å². The molecule has 1 aliphatic heterocycles. The number of likely N-dealkylation sites (tertiary alicyclic amines) is 1. The van der Waals surface area contributed by atoms with E-state index in [1.54, 1.807) is 6.07 Å². The Kier molecular flexibility index (Phi) is 4.09. The van der Waals surface area contributed by atoms with E-state index < -0.39 is 0 Å². The molecule has 0 spiro atoms. The highest BCUT2D eigenvalue weighted by Gasteiger charge is 2.48. The molecular weight excluding hydrogens is 344 g/mol. The maximum absolute atomic E-state index is 10.2. The van der Waals surface area contributed by atoms with E-state index in [0.29, 0.717) is 11.7 Å². The summed E-state index contributed by atoms with van der Waals surface area (Å²) in [5, 5.41) is 11.6. The molecule has 3 aromatic rings. The van der Waals surface area contributed by atoms with Crippen LogP contribution in [0.4, 0.5) is 0 Å². The van der Waals surface area contributed by atoms with Gasteiger partial charge in [0.1, 0.15) is 5.75 Å². The van der Waals surface area contributed by atoms with Crippen molar-refractivity contribution in [3.8, 4) is 5.75 Å². The summed E-state index contributed by atoms with van der Waals surface area (Å²) in [5.74, 6) is 0.909. The molecular formula is C25H28N2O. The lowest BCUT2D eigenvalue weighted by Crippen LogP contribution is -2.53. The van der Waals surface area contributed by atoms with E-state index in [9.17, 15) is 5.11 Å². The number of fused-ring (bicyclic) bond motifs is 4. The van der Waals surface area contributed by atoms with Crippen molar-refractivity contribution in [3.05, 3.63) is 77.5 Å². The van der Waals surface area contributed by atoms with Crippen LogP contribution in [-0.2, 0) is 18.3 Å². The van der Waals surface area contributed by atoms with Crippen molar-refractivity contribution in [3.63, 3.8) is 0 Å². The van der Waals surface area contributed by atoms with Gasteiger partial charge in [-0.2, -0.15) is 0 Å². The molecule has 0 radical (unpaired) electrons. The van der Waals surface area contributed by atoms with Crippen LogP contribution >= 0.6 is 0 Å². The number of aromatic hydroxyl groups is 1. The maximum atomic E-state index is 10.2. The molecule has 2 unspecified atom stereocenters. The van der Waals surface area contributed by atoms with E-state index in [2.05, 4.69) is 47.7 Å². The Morgan fingerprint density at radius 1 is 1.29 bits per heavy atom. The molecule has 2 aliphatic rings. The van der Waals surface area contributed by atoms with E-state index in [-0.39, 0.29) is 5.41 Å². The maximum Gasteiger partial charge on any atom is 0.115 e. The Labute approximate surface area is 166 Å². The van der Waals surface area contributed by atoms with Crippen molar-refractivity contribution < 1.29 is 5.11 Å². The third kappa shape index (κ3) is 2.61. The first-order chi connectivity index (χ1) is 13.6. The van der Waals surface area contributed by atoms with Crippen LogP contribution in [0.5, 0.6) is 5.75 Å². The number of phenolic OH excluding ortho intramolecular Hbond substituents is 1. The van der Waals surface area contributed by atoms with Crippen LogP contribution in [-0.4, -0.2) is 34.6 Å². The third-order valence-electron chi connectivity index (χ3n) is 7.11. The van der Waals surface area contributed by atoms with Crippen LogP contribution in [0.15, 0.2) is 55.1 Å². The van der Waals surface area contributed by atoms with E-state index in [1.807, 2.05) is 18.2 Å². The van der Waals surface area contributed by atoms with Crippen molar-refractivity contribution in [1.82, 2.24) is 9.88 Å². The molecule has 2 N–H and O–H groups in total. The van der Waals surface area contributed by atoms with Crippen molar-refractivity contribution in [2.45, 2.75) is 31.6 Å². The predicted octanol–water partition coefficient (Wildman–Crippen LogP) is 4.73. The van der Waals surface area contributed by atoms with Gasteiger partial charge in [-0.25, -0.2) is 0 Å². The van der Waals surface area contributed by atoms with Gasteiger partial charge in [0.25, 0.3) is 0 Å². The zero-order chi connectivity index (χ0) is 19.3. The summed E-state index contributed by atoms with van der Waals surface area (Å²) >= 11 is 0. The molecule has 5 rings (SSSR count). The average Bonchev–Trinajstić information content (AvgIpc) is 3.04. The lowest BCUT2D eigenvalue weighted by Gasteiger charge is -2.51. The fourth-order valence-corrected chi connectivity index (χ4v) is 5.78. The molecule has 2 aromatic carbocycles. The summed E-state index contributed by atoms with van der Waals surface area (Å²) in [6.07, 6.45) is 5.24. The summed E-state index contributed by atoms with van der Waals surface area (Å²) < 4.78 is 0. The summed E-state index contributed by atoms with van der Waals surface area (Å²) in [6.45, 7) is 9.28. The number of aromatic nitrogens is 1. The first kappa shape index (κ1) is 17.6. The number of benzene rings is 2. The van der Waals surface area contributed by atoms with Gasteiger partial charge in [-0.3, -0.25) is 4.90 Å². The second-order valence-electron chi connectivity index (χ2n) is 8.66. The van der Waals surface area contributed by atoms with Gasteiger partial charge in [0.2, 0.25) is 0 Å². The van der Waals surface area contributed by atoms with Crippen LogP contribution in [0.2, 0.25) is 0 Å². The number of phenols is 1. The lowest BCUT2D eigenvalue weighted by atomic mass is 9.58. The molecule has 1 saturated heterocycles. The van der Waals surface area contributed by atoms with Gasteiger partial charge in [0.05, 0.1) is 0 Å². The third-order valence-corrected chi connectivity index (χ3v) is 7.11. The molecule has 3 heteroatoms. The molecule has 1 aromatic heterocycles. The second kappa shape index (κ2) is 6.52. The standard InChI is InChI=1S/C25H28N2O/c1-3-11-27-12-10-25(18-7-5-8-20(28)13-18)15-23-21(14-19(25)16-27)24-17(2)6-4-9-22(24)26-23/h3-9,13,19,26,28H,1,10-12,14-16H2,2H3. The number of nitrogens with zero attached hydrogens (tertiary/aromatic N) is 1. The minimum absolute atomic E-state index is 0.0815. The molecule has 28 heavy (non-hydrogen) atoms. The fraction of sp³-hybridized carbons (Fsp3) is 0.360. The molecule has 1 aliphatic carbocycles. The van der Waals surface area contributed by atoms with Gasteiger partial charge in [0, 0.05) is 35.1 Å². The summed E-state index contributed by atoms with van der Waals surface area (Å²) in [5.41, 5.74) is 6.89. The van der Waals surface area contributed by atoms with E-state index in [0.717, 1.165) is 38.9 Å². The van der Waals surface area contributed by atoms with E-state index in [1.165, 1.54) is 33.3 Å². The Hall–Kier alpha value is -2.52. The summed E-state index contributed by atoms with van der Waals surface area (Å²) in [7, 11) is 0. The smallest absolute Gasteiger partial charge is 0.115 e. The molecule has 2 atom stereocenters. The lowest BCUT2D eigenvalue weighted by molar-refractivity contribution is 0.0896. The number of aryl methyl sites for hydroxylation is 1. The van der Waals surface area contributed by atoms with Gasteiger partial charge < -0.3 is 10.1 Å². The van der Waals surface area contributed by atoms with Crippen molar-refractivity contribution in [2.24, 2.45) is 5.92 Å². The highest BCUT2D eigenvalue weighted by Crippen LogP contribution is 2.49. The largest absolute Gasteiger partial charge is 0.508 e. The molecule has 144 valence electrons. The number of hydrogen-bond donors (Lipinski definition) is 2. The van der Waals surface area contributed by atoms with E-state index >= 15 is 0 Å². The highest BCUT2D eigenvalue weighted by molar-refractivity contribution is 5.88. The number of hydrogen-bond acceptors (Lipinski definition) is 2. The Morgan fingerprint density at radius 2 is 2.14 bits per heavy atom. The fourth-order valence-electron chi connectivity index (χ4n) is 5.78. The van der Waals surface area contributed by atoms with Crippen LogP contribution in [0.1, 0.15) is 28.8 Å². The molecule has 0 saturated carbocycles. The number of nitrogens with one attached hydrogen (secondary N) is 1. The minimum atomic E-state index is 0.0815. The number of rotatable bonds is 3.